The summed E-state index contributed by atoms with van der Waals surface area (Å²) in [4.78, 5) is 4.90. The summed E-state index contributed by atoms with van der Waals surface area (Å²) in [6.07, 6.45) is -3.28. The first-order valence-electron chi connectivity index (χ1n) is 12.8. The smallest absolute Gasteiger partial charge is 0.298 e. The van der Waals surface area contributed by atoms with E-state index >= 15 is 0 Å². The van der Waals surface area contributed by atoms with Crippen LogP contribution in [0.25, 0.3) is 0 Å². The van der Waals surface area contributed by atoms with Gasteiger partial charge in [0, 0.05) is 44.2 Å². The van der Waals surface area contributed by atoms with Crippen molar-refractivity contribution in [2.24, 2.45) is 0 Å². The van der Waals surface area contributed by atoms with Crippen LogP contribution in [0.2, 0.25) is 0 Å². The molecule has 0 aromatic heterocycles. The number of benzene rings is 2. The monoisotopic (exact) mass is 512 g/mol. The topological polar surface area (TPSA) is 6.48 Å². The highest BCUT2D eigenvalue weighted by atomic mass is 19.4. The van der Waals surface area contributed by atoms with E-state index in [4.69, 9.17) is 0 Å². The molecule has 1 heterocycles. The molecule has 1 aliphatic carbocycles. The standard InChI is InChI=1S/C28H34F6N2/c1-20(35-12-14-36(15-13-35)25-10-6-3-7-11-25)26(22-8-4-2-5-9-22)18-21-16-23(27(29,30)31)19-24(17-21)28(32,33)34/h2,4-5,8-9,16-17,19-20,25-26H,3,6-7,10-15,18H2,1H3. The van der Waals surface area contributed by atoms with Gasteiger partial charge in [-0.25, -0.2) is 0 Å². The van der Waals surface area contributed by atoms with E-state index in [0.29, 0.717) is 6.04 Å². The predicted octanol–water partition coefficient (Wildman–Crippen LogP) is 7.39. The molecule has 0 spiro atoms. The van der Waals surface area contributed by atoms with Gasteiger partial charge in [-0.2, -0.15) is 26.3 Å². The molecule has 0 radical (unpaired) electrons. The van der Waals surface area contributed by atoms with Crippen molar-refractivity contribution in [3.63, 3.8) is 0 Å². The molecular weight excluding hydrogens is 478 g/mol. The van der Waals surface area contributed by atoms with Crippen LogP contribution < -0.4 is 0 Å². The molecule has 0 N–H and O–H groups in total. The Bertz CT molecular complexity index is 942. The van der Waals surface area contributed by atoms with E-state index in [9.17, 15) is 26.3 Å². The normalized spacial score (nSPS) is 20.9. The molecule has 1 aliphatic heterocycles. The summed E-state index contributed by atoms with van der Waals surface area (Å²) in [6, 6.07) is 12.0. The third-order valence-electron chi connectivity index (χ3n) is 7.93. The number of piperazine rings is 1. The second-order valence-corrected chi connectivity index (χ2v) is 10.2. The fraction of sp³-hybridized carbons (Fsp3) is 0.571. The lowest BCUT2D eigenvalue weighted by Crippen LogP contribution is -2.54. The highest BCUT2D eigenvalue weighted by Gasteiger charge is 2.38. The SMILES string of the molecule is CC(C(Cc1cc(C(F)(F)F)cc(C(F)(F)F)c1)c1ccccc1)N1CCN(C2CCCCC2)CC1. The molecular formula is C28H34F6N2. The molecule has 2 nitrogen and oxygen atoms in total. The molecule has 2 aliphatic rings. The van der Waals surface area contributed by atoms with Crippen LogP contribution in [0.1, 0.15) is 67.2 Å². The number of alkyl halides is 6. The van der Waals surface area contributed by atoms with Gasteiger partial charge in [-0.1, -0.05) is 49.6 Å². The molecule has 2 unspecified atom stereocenters. The van der Waals surface area contributed by atoms with Crippen molar-refractivity contribution in [2.75, 3.05) is 26.2 Å². The number of hydrogen-bond donors (Lipinski definition) is 0. The van der Waals surface area contributed by atoms with Gasteiger partial charge in [-0.05, 0) is 55.5 Å². The number of halogens is 6. The highest BCUT2D eigenvalue weighted by molar-refractivity contribution is 5.35. The maximum atomic E-state index is 13.5. The fourth-order valence-corrected chi connectivity index (χ4v) is 5.87. The van der Waals surface area contributed by atoms with Gasteiger partial charge in [0.15, 0.2) is 0 Å². The van der Waals surface area contributed by atoms with Crippen molar-refractivity contribution in [1.82, 2.24) is 9.80 Å². The van der Waals surface area contributed by atoms with Crippen molar-refractivity contribution in [3.05, 3.63) is 70.8 Å². The summed E-state index contributed by atoms with van der Waals surface area (Å²) in [5, 5.41) is 0. The fourth-order valence-electron chi connectivity index (χ4n) is 5.87. The molecule has 0 amide bonds. The van der Waals surface area contributed by atoms with Crippen LogP contribution in [0.15, 0.2) is 48.5 Å². The van der Waals surface area contributed by atoms with Gasteiger partial charge < -0.3 is 0 Å². The van der Waals surface area contributed by atoms with Gasteiger partial charge in [-0.15, -0.1) is 0 Å². The van der Waals surface area contributed by atoms with Crippen LogP contribution in [0.3, 0.4) is 0 Å². The lowest BCUT2D eigenvalue weighted by atomic mass is 9.84. The van der Waals surface area contributed by atoms with Gasteiger partial charge >= 0.3 is 12.4 Å². The quantitative estimate of drug-likeness (QED) is 0.373. The van der Waals surface area contributed by atoms with E-state index < -0.39 is 23.5 Å². The van der Waals surface area contributed by atoms with Crippen molar-refractivity contribution >= 4 is 0 Å². The zero-order valence-electron chi connectivity index (χ0n) is 20.6. The van der Waals surface area contributed by atoms with Crippen molar-refractivity contribution in [2.45, 2.75) is 75.8 Å². The summed E-state index contributed by atoms with van der Waals surface area (Å²) in [5.41, 5.74) is -1.54. The zero-order chi connectivity index (χ0) is 25.9. The number of nitrogens with zero attached hydrogens (tertiary/aromatic N) is 2. The van der Waals surface area contributed by atoms with E-state index in [-0.39, 0.29) is 30.0 Å². The third-order valence-corrected chi connectivity index (χ3v) is 7.93. The lowest BCUT2D eigenvalue weighted by Gasteiger charge is -2.44. The molecule has 1 saturated heterocycles. The maximum Gasteiger partial charge on any atom is 0.416 e. The molecule has 2 aromatic rings. The Morgan fingerprint density at radius 1 is 0.778 bits per heavy atom. The molecule has 1 saturated carbocycles. The largest absolute Gasteiger partial charge is 0.416 e. The summed E-state index contributed by atoms with van der Waals surface area (Å²) < 4.78 is 80.7. The molecule has 0 bridgehead atoms. The van der Waals surface area contributed by atoms with Gasteiger partial charge in [-0.3, -0.25) is 9.80 Å². The first-order valence-corrected chi connectivity index (χ1v) is 12.8. The molecule has 2 atom stereocenters. The van der Waals surface area contributed by atoms with Crippen LogP contribution in [-0.4, -0.2) is 48.1 Å². The molecule has 36 heavy (non-hydrogen) atoms. The first kappa shape index (κ1) is 27.0. The van der Waals surface area contributed by atoms with Gasteiger partial charge in [0.1, 0.15) is 0 Å². The Kier molecular flexibility index (Phi) is 8.35. The van der Waals surface area contributed by atoms with E-state index in [1.807, 2.05) is 37.3 Å². The minimum Gasteiger partial charge on any atom is -0.298 e. The maximum absolute atomic E-state index is 13.5. The average Bonchev–Trinajstić information content (AvgIpc) is 2.87. The zero-order valence-corrected chi connectivity index (χ0v) is 20.6. The van der Waals surface area contributed by atoms with Crippen LogP contribution in [-0.2, 0) is 18.8 Å². The summed E-state index contributed by atoms with van der Waals surface area (Å²) in [5.74, 6) is -0.239. The van der Waals surface area contributed by atoms with Crippen molar-refractivity contribution in [3.8, 4) is 0 Å². The molecule has 198 valence electrons. The summed E-state index contributed by atoms with van der Waals surface area (Å²) in [7, 11) is 0. The van der Waals surface area contributed by atoms with Crippen LogP contribution >= 0.6 is 0 Å². The average molecular weight is 513 g/mol. The Morgan fingerprint density at radius 2 is 1.33 bits per heavy atom. The summed E-state index contributed by atoms with van der Waals surface area (Å²) >= 11 is 0. The van der Waals surface area contributed by atoms with E-state index in [1.54, 1.807) is 0 Å². The lowest BCUT2D eigenvalue weighted by molar-refractivity contribution is -0.143. The Morgan fingerprint density at radius 3 is 1.86 bits per heavy atom. The second-order valence-electron chi connectivity index (χ2n) is 10.2. The van der Waals surface area contributed by atoms with E-state index in [2.05, 4.69) is 9.80 Å². The second kappa shape index (κ2) is 11.1. The van der Waals surface area contributed by atoms with Crippen molar-refractivity contribution in [1.29, 1.82) is 0 Å². The van der Waals surface area contributed by atoms with Crippen molar-refractivity contribution < 1.29 is 26.3 Å². The Labute approximate surface area is 209 Å². The van der Waals surface area contributed by atoms with E-state index in [1.165, 1.54) is 32.1 Å². The number of hydrogen-bond acceptors (Lipinski definition) is 2. The van der Waals surface area contributed by atoms with Crippen LogP contribution in [0, 0.1) is 0 Å². The predicted molar refractivity (Wildman–Crippen MR) is 129 cm³/mol. The molecule has 2 fully saturated rings. The van der Waals surface area contributed by atoms with Gasteiger partial charge in [0.25, 0.3) is 0 Å². The summed E-state index contributed by atoms with van der Waals surface area (Å²) in [6.45, 7) is 5.62. The van der Waals surface area contributed by atoms with Crippen LogP contribution in [0.4, 0.5) is 26.3 Å². The Balaban J connectivity index is 1.56. The molecule has 2 aromatic carbocycles. The van der Waals surface area contributed by atoms with E-state index in [0.717, 1.165) is 43.9 Å². The minimum absolute atomic E-state index is 0.0372. The van der Waals surface area contributed by atoms with Gasteiger partial charge in [0.2, 0.25) is 0 Å². The van der Waals surface area contributed by atoms with Gasteiger partial charge in [0.05, 0.1) is 11.1 Å². The molecule has 8 heteroatoms. The highest BCUT2D eigenvalue weighted by Crippen LogP contribution is 2.38. The number of rotatable bonds is 6. The first-order chi connectivity index (χ1) is 17.0. The van der Waals surface area contributed by atoms with Crippen LogP contribution in [0.5, 0.6) is 0 Å². The minimum atomic E-state index is -4.85. The molecule has 4 rings (SSSR count). The Hall–Kier alpha value is -2.06. The third kappa shape index (κ3) is 6.62.